The van der Waals surface area contributed by atoms with Gasteiger partial charge in [0.05, 0.1) is 38.2 Å². The molecule has 0 spiro atoms. The minimum absolute atomic E-state index is 0.0248. The summed E-state index contributed by atoms with van der Waals surface area (Å²) in [7, 11) is 9.13. The Morgan fingerprint density at radius 1 is 0.590 bits per heavy atom. The van der Waals surface area contributed by atoms with Gasteiger partial charge in [0.2, 0.25) is 76.8 Å². The van der Waals surface area contributed by atoms with Crippen molar-refractivity contribution in [1.82, 2.24) is 65.8 Å². The van der Waals surface area contributed by atoms with Gasteiger partial charge in [0.15, 0.2) is 0 Å². The van der Waals surface area contributed by atoms with Crippen LogP contribution in [-0.4, -0.2) is 265 Å². The SMILES string of the molecule is CC[C@H](C)[C@@H]1NC(=O)[C@H](C)N(C)C(=O)C[C@@H](C(=O)N2CCCC2)NC(=O)[C@H](CC(C)C)N(C)C(=O)[C@H](Cc2ccccc2)N(C)C(=O)[C@H](COCC(=O)NC(C)(C)C)NC(=O)[C@H](CCc2ccc(C(F)(F)F)cc2)NC(=O)CN(C)C(=O)[C@H](Cc2ccc(Cl)cc2)N(C)C(=O)CN(C)C(=O)CN(C)C1=O. The van der Waals surface area contributed by atoms with E-state index >= 15 is 19.2 Å². The maximum absolute atomic E-state index is 15.6. The number of amides is 13. The molecule has 31 heteroatoms. The molecule has 2 heterocycles. The van der Waals surface area contributed by atoms with Crippen molar-refractivity contribution < 1.29 is 80.2 Å². The van der Waals surface area contributed by atoms with E-state index in [1.807, 2.05) is 0 Å². The van der Waals surface area contributed by atoms with E-state index in [0.29, 0.717) is 54.1 Å². The van der Waals surface area contributed by atoms with Crippen molar-refractivity contribution in [2.45, 2.75) is 173 Å². The predicted octanol–water partition coefficient (Wildman–Crippen LogP) is 3.47. The first-order chi connectivity index (χ1) is 49.1. The van der Waals surface area contributed by atoms with Gasteiger partial charge < -0.3 is 70.5 Å². The second-order valence-corrected chi connectivity index (χ2v) is 29.3. The third-order valence-corrected chi connectivity index (χ3v) is 19.1. The van der Waals surface area contributed by atoms with Crippen LogP contribution in [0.2, 0.25) is 5.02 Å². The molecule has 0 radical (unpaired) electrons. The molecule has 0 bridgehead atoms. The van der Waals surface area contributed by atoms with Gasteiger partial charge in [0.1, 0.15) is 54.9 Å². The number of nitrogens with one attached hydrogen (secondary N) is 5. The number of likely N-dealkylation sites (N-methyl/N-ethyl adjacent to an activating group) is 7. The molecule has 13 amide bonds. The Morgan fingerprint density at radius 3 is 1.71 bits per heavy atom. The number of alkyl halides is 3. The lowest BCUT2D eigenvalue weighted by atomic mass is 9.97. The first-order valence-electron chi connectivity index (χ1n) is 35.2. The summed E-state index contributed by atoms with van der Waals surface area (Å²) in [6.45, 7) is 10.8. The van der Waals surface area contributed by atoms with Gasteiger partial charge in [-0.15, -0.1) is 0 Å². The molecule has 5 rings (SSSR count). The number of benzene rings is 3. The smallest absolute Gasteiger partial charge is 0.369 e. The van der Waals surface area contributed by atoms with Gasteiger partial charge in [-0.1, -0.05) is 100 Å². The molecule has 2 aliphatic rings. The summed E-state index contributed by atoms with van der Waals surface area (Å²) in [5.41, 5.74) is -0.366. The highest BCUT2D eigenvalue weighted by Gasteiger charge is 2.42. The van der Waals surface area contributed by atoms with Crippen LogP contribution in [0.1, 0.15) is 116 Å². The number of ether oxygens (including phenoxy) is 1. The van der Waals surface area contributed by atoms with Crippen LogP contribution in [0.5, 0.6) is 0 Å². The van der Waals surface area contributed by atoms with Gasteiger partial charge in [0, 0.05) is 85.8 Å². The molecular weight excluding hydrogens is 1390 g/mol. The molecule has 27 nitrogen and oxygen atoms in total. The van der Waals surface area contributed by atoms with Crippen LogP contribution in [0.15, 0.2) is 78.9 Å². The zero-order valence-corrected chi connectivity index (χ0v) is 63.7. The minimum Gasteiger partial charge on any atom is -0.369 e. The molecule has 3 aromatic carbocycles. The molecule has 0 unspecified atom stereocenters. The Bertz CT molecular complexity index is 3540. The van der Waals surface area contributed by atoms with E-state index in [2.05, 4.69) is 26.6 Å². The van der Waals surface area contributed by atoms with Crippen LogP contribution in [0.25, 0.3) is 0 Å². The highest BCUT2D eigenvalue weighted by Crippen LogP contribution is 2.30. The molecular formula is C74H105ClF3N13O14. The fourth-order valence-corrected chi connectivity index (χ4v) is 12.2. The zero-order chi connectivity index (χ0) is 78.5. The fourth-order valence-electron chi connectivity index (χ4n) is 12.0. The number of rotatable bonds is 16. The monoisotopic (exact) mass is 1490 g/mol. The Kier molecular flexibility index (Phi) is 32.3. The second-order valence-electron chi connectivity index (χ2n) is 28.8. The zero-order valence-electron chi connectivity index (χ0n) is 62.9. The van der Waals surface area contributed by atoms with E-state index in [9.17, 15) is 56.3 Å². The van der Waals surface area contributed by atoms with Gasteiger partial charge in [-0.2, -0.15) is 13.2 Å². The highest BCUT2D eigenvalue weighted by molar-refractivity contribution is 6.30. The molecule has 0 saturated carbocycles. The first kappa shape index (κ1) is 86.5. The lowest BCUT2D eigenvalue weighted by molar-refractivity contribution is -0.150. The van der Waals surface area contributed by atoms with E-state index in [1.54, 1.807) is 103 Å². The van der Waals surface area contributed by atoms with Crippen LogP contribution in [0.3, 0.4) is 0 Å². The summed E-state index contributed by atoms with van der Waals surface area (Å²) in [5, 5.41) is 13.9. The molecule has 0 aromatic heterocycles. The topological polar surface area (TPSA) is 317 Å². The highest BCUT2D eigenvalue weighted by atomic mass is 35.5. The summed E-state index contributed by atoms with van der Waals surface area (Å²) >= 11 is 6.23. The lowest BCUT2D eigenvalue weighted by Crippen LogP contribution is -2.61. The van der Waals surface area contributed by atoms with E-state index in [1.165, 1.54) is 73.3 Å². The first-order valence-corrected chi connectivity index (χ1v) is 35.6. The molecule has 2 saturated heterocycles. The van der Waals surface area contributed by atoms with Gasteiger partial charge in [-0.05, 0) is 113 Å². The number of carbonyl (C=O) groups is 13. The van der Waals surface area contributed by atoms with Crippen LogP contribution < -0.4 is 26.6 Å². The molecule has 2 aliphatic heterocycles. The van der Waals surface area contributed by atoms with Crippen molar-refractivity contribution in [2.75, 3.05) is 95.3 Å². The van der Waals surface area contributed by atoms with Crippen molar-refractivity contribution >= 4 is 88.4 Å². The summed E-state index contributed by atoms with van der Waals surface area (Å²) in [6.07, 6.45) is -4.63. The lowest BCUT2D eigenvalue weighted by Gasteiger charge is -2.37. The molecule has 9 atom stereocenters. The number of nitrogens with zero attached hydrogens (tertiary/aromatic N) is 8. The number of aryl methyl sites for hydroxylation is 1. The second kappa shape index (κ2) is 39.2. The Labute approximate surface area is 618 Å². The van der Waals surface area contributed by atoms with E-state index in [0.717, 1.165) is 46.4 Å². The van der Waals surface area contributed by atoms with E-state index < -0.39 is 188 Å². The van der Waals surface area contributed by atoms with Crippen molar-refractivity contribution in [3.63, 3.8) is 0 Å². The molecule has 2 fully saturated rings. The van der Waals surface area contributed by atoms with Crippen LogP contribution in [0.4, 0.5) is 13.2 Å². The van der Waals surface area contributed by atoms with Crippen LogP contribution in [0, 0.1) is 11.8 Å². The van der Waals surface area contributed by atoms with Crippen molar-refractivity contribution in [3.05, 3.63) is 106 Å². The van der Waals surface area contributed by atoms with E-state index in [-0.39, 0.29) is 38.0 Å². The van der Waals surface area contributed by atoms with Gasteiger partial charge >= 0.3 is 6.18 Å². The number of hydrogen-bond acceptors (Lipinski definition) is 14. The van der Waals surface area contributed by atoms with Crippen molar-refractivity contribution in [1.29, 1.82) is 0 Å². The molecule has 578 valence electrons. The minimum atomic E-state index is -4.69. The largest absolute Gasteiger partial charge is 0.416 e. The van der Waals surface area contributed by atoms with Crippen LogP contribution in [-0.2, 0) is 92.5 Å². The van der Waals surface area contributed by atoms with Crippen LogP contribution >= 0.6 is 11.6 Å². The molecule has 0 aliphatic carbocycles. The normalized spacial score (nSPS) is 23.0. The average Bonchev–Trinajstić information content (AvgIpc) is 1.08. The third kappa shape index (κ3) is 25.8. The third-order valence-electron chi connectivity index (χ3n) is 18.8. The Morgan fingerprint density at radius 2 is 1.14 bits per heavy atom. The quantitative estimate of drug-likeness (QED) is 0.137. The van der Waals surface area contributed by atoms with E-state index in [4.69, 9.17) is 16.3 Å². The maximum Gasteiger partial charge on any atom is 0.416 e. The maximum atomic E-state index is 15.6. The Hall–Kier alpha value is -9.19. The van der Waals surface area contributed by atoms with Gasteiger partial charge in [0.25, 0.3) is 0 Å². The Balaban J connectivity index is 1.68. The van der Waals surface area contributed by atoms with Gasteiger partial charge in [-0.3, -0.25) is 62.3 Å². The van der Waals surface area contributed by atoms with Crippen molar-refractivity contribution in [2.24, 2.45) is 11.8 Å². The fraction of sp³-hybridized carbons (Fsp3) is 0.581. The summed E-state index contributed by atoms with van der Waals surface area (Å²) in [5.74, 6) is -11.3. The number of carbonyl (C=O) groups excluding carboxylic acids is 13. The van der Waals surface area contributed by atoms with Crippen molar-refractivity contribution in [3.8, 4) is 0 Å². The number of halogens is 4. The summed E-state index contributed by atoms with van der Waals surface area (Å²) < 4.78 is 47.2. The number of likely N-dealkylation sites (tertiary alicyclic amines) is 1. The summed E-state index contributed by atoms with van der Waals surface area (Å²) in [6, 6.07) is 7.07. The standard InChI is InChI=1S/C74H105ClF3N13O14/c1-16-46(4)64-72(104)86(11)41-62(95)84(9)42-63(96)88(13)57(38-50-26-31-52(75)32-27-50)70(102)85(10)40-59(92)79-53(33-28-48-24-29-51(30-25-48)74(76,77)78)66(98)81-55(43-105-44-60(93)83-73(6,7)8)68(100)90(15)58(37-49-22-18-17-19-23-49)71(103)89(14)56(36-45(2)3)67(99)80-54(69(101)91-34-20-21-35-91)39-61(94)87(12)47(5)65(97)82-64/h17-19,22-27,29-32,45-47,53-58,64H,16,20-21,28,33-44H2,1-15H3,(H,79,92)(H,80,99)(H,81,98)(H,82,97)(H,83,93)/t46-,47-,53-,54-,55-,56-,57-,58-,64-/m0/s1. The average molecular weight is 1490 g/mol. The number of hydrogen-bond donors (Lipinski definition) is 5. The molecule has 105 heavy (non-hydrogen) atoms. The summed E-state index contributed by atoms with van der Waals surface area (Å²) in [4.78, 5) is 199. The molecule has 3 aromatic rings. The van der Waals surface area contributed by atoms with Gasteiger partial charge in [-0.25, -0.2) is 0 Å². The predicted molar refractivity (Wildman–Crippen MR) is 386 cm³/mol. The molecule has 5 N–H and O–H groups in total.